The van der Waals surface area contributed by atoms with E-state index in [1.165, 1.54) is 6.42 Å². The van der Waals surface area contributed by atoms with Crippen molar-refractivity contribution in [2.75, 3.05) is 30.4 Å². The Morgan fingerprint density at radius 3 is 2.72 bits per heavy atom. The van der Waals surface area contributed by atoms with Crippen LogP contribution in [-0.4, -0.2) is 35.6 Å². The molecule has 5 heteroatoms. The van der Waals surface area contributed by atoms with Crippen LogP contribution >= 0.6 is 0 Å². The molecule has 5 nitrogen and oxygen atoms in total. The van der Waals surface area contributed by atoms with Gasteiger partial charge in [-0.05, 0) is 20.3 Å². The van der Waals surface area contributed by atoms with E-state index in [0.29, 0.717) is 6.54 Å². The Balaban J connectivity index is 2.73. The molecule has 0 saturated heterocycles. The van der Waals surface area contributed by atoms with Crippen LogP contribution in [0.1, 0.15) is 33.6 Å². The summed E-state index contributed by atoms with van der Waals surface area (Å²) < 4.78 is 0. The third-order valence-electron chi connectivity index (χ3n) is 2.87. The van der Waals surface area contributed by atoms with E-state index >= 15 is 0 Å². The molecule has 0 spiro atoms. The highest BCUT2D eigenvalue weighted by Crippen LogP contribution is 2.16. The van der Waals surface area contributed by atoms with Crippen LogP contribution in [0.5, 0.6) is 0 Å². The quantitative estimate of drug-likeness (QED) is 0.774. The lowest BCUT2D eigenvalue weighted by atomic mass is 10.1. The minimum absolute atomic E-state index is 0.159. The highest BCUT2D eigenvalue weighted by atomic mass is 15.2. The van der Waals surface area contributed by atoms with Crippen molar-refractivity contribution in [2.24, 2.45) is 5.73 Å². The van der Waals surface area contributed by atoms with E-state index in [2.05, 4.69) is 48.0 Å². The Morgan fingerprint density at radius 1 is 1.39 bits per heavy atom. The van der Waals surface area contributed by atoms with E-state index < -0.39 is 0 Å². The number of rotatable bonds is 7. The van der Waals surface area contributed by atoms with Gasteiger partial charge in [0.15, 0.2) is 0 Å². The van der Waals surface area contributed by atoms with E-state index in [0.717, 1.165) is 24.6 Å². The first kappa shape index (κ1) is 14.7. The van der Waals surface area contributed by atoms with Crippen LogP contribution in [0.4, 0.5) is 11.6 Å². The zero-order valence-corrected chi connectivity index (χ0v) is 11.9. The molecular formula is C13H25N5. The first-order valence-electron chi connectivity index (χ1n) is 6.50. The van der Waals surface area contributed by atoms with Gasteiger partial charge in [-0.3, -0.25) is 0 Å². The van der Waals surface area contributed by atoms with Crippen LogP contribution in [0.25, 0.3) is 0 Å². The minimum atomic E-state index is -0.159. The van der Waals surface area contributed by atoms with Crippen molar-refractivity contribution in [3.05, 3.63) is 12.4 Å². The van der Waals surface area contributed by atoms with Crippen molar-refractivity contribution in [3.63, 3.8) is 0 Å². The molecule has 0 aromatic carbocycles. The molecular weight excluding hydrogens is 226 g/mol. The summed E-state index contributed by atoms with van der Waals surface area (Å²) in [5.74, 6) is 1.76. The highest BCUT2D eigenvalue weighted by Gasteiger charge is 2.16. The van der Waals surface area contributed by atoms with Gasteiger partial charge < -0.3 is 16.0 Å². The normalized spacial score (nSPS) is 11.4. The van der Waals surface area contributed by atoms with Crippen molar-refractivity contribution in [3.8, 4) is 0 Å². The summed E-state index contributed by atoms with van der Waals surface area (Å²) in [6.45, 7) is 7.85. The van der Waals surface area contributed by atoms with Gasteiger partial charge in [-0.25, -0.2) is 9.97 Å². The predicted molar refractivity (Wildman–Crippen MR) is 77.0 cm³/mol. The van der Waals surface area contributed by atoms with Gasteiger partial charge in [0.2, 0.25) is 0 Å². The molecule has 0 aliphatic heterocycles. The smallest absolute Gasteiger partial charge is 0.133 e. The van der Waals surface area contributed by atoms with Crippen molar-refractivity contribution in [1.82, 2.24) is 9.97 Å². The molecule has 102 valence electrons. The maximum atomic E-state index is 5.70. The third kappa shape index (κ3) is 4.49. The van der Waals surface area contributed by atoms with Crippen molar-refractivity contribution in [1.29, 1.82) is 0 Å². The molecule has 0 atom stereocenters. The molecule has 1 aromatic rings. The van der Waals surface area contributed by atoms with Gasteiger partial charge in [-0.15, -0.1) is 0 Å². The van der Waals surface area contributed by atoms with E-state index in [1.807, 2.05) is 6.07 Å². The molecule has 0 amide bonds. The van der Waals surface area contributed by atoms with Gasteiger partial charge in [-0.2, -0.15) is 0 Å². The van der Waals surface area contributed by atoms with Crippen molar-refractivity contribution in [2.45, 2.75) is 39.2 Å². The van der Waals surface area contributed by atoms with Crippen LogP contribution in [0.15, 0.2) is 12.4 Å². The van der Waals surface area contributed by atoms with Crippen LogP contribution in [-0.2, 0) is 0 Å². The maximum absolute atomic E-state index is 5.70. The van der Waals surface area contributed by atoms with Gasteiger partial charge in [0.25, 0.3) is 0 Å². The summed E-state index contributed by atoms with van der Waals surface area (Å²) in [7, 11) is 2.05. The molecule has 0 aliphatic rings. The summed E-state index contributed by atoms with van der Waals surface area (Å²) in [5.41, 5.74) is 5.54. The van der Waals surface area contributed by atoms with Crippen LogP contribution in [0, 0.1) is 0 Å². The minimum Gasteiger partial charge on any atom is -0.364 e. The fourth-order valence-electron chi connectivity index (χ4n) is 1.53. The van der Waals surface area contributed by atoms with Crippen LogP contribution in [0.3, 0.4) is 0 Å². The summed E-state index contributed by atoms with van der Waals surface area (Å²) in [6, 6.07) is 1.97. The average Bonchev–Trinajstić information content (AvgIpc) is 2.35. The van der Waals surface area contributed by atoms with Gasteiger partial charge >= 0.3 is 0 Å². The number of anilines is 2. The van der Waals surface area contributed by atoms with Gasteiger partial charge in [0.1, 0.15) is 18.0 Å². The third-order valence-corrected chi connectivity index (χ3v) is 2.87. The van der Waals surface area contributed by atoms with E-state index in [9.17, 15) is 0 Å². The Bertz CT molecular complexity index is 364. The number of unbranched alkanes of at least 4 members (excludes halogenated alkanes) is 1. The summed E-state index contributed by atoms with van der Waals surface area (Å²) >= 11 is 0. The Kier molecular flexibility index (Phi) is 5.34. The molecule has 0 saturated carbocycles. The molecule has 0 fully saturated rings. The van der Waals surface area contributed by atoms with Gasteiger partial charge in [0, 0.05) is 31.7 Å². The Hall–Kier alpha value is -1.36. The first-order valence-corrected chi connectivity index (χ1v) is 6.50. The number of hydrogen-bond donors (Lipinski definition) is 2. The van der Waals surface area contributed by atoms with Crippen LogP contribution < -0.4 is 16.0 Å². The molecule has 0 unspecified atom stereocenters. The van der Waals surface area contributed by atoms with E-state index in [4.69, 9.17) is 5.73 Å². The summed E-state index contributed by atoms with van der Waals surface area (Å²) in [4.78, 5) is 10.7. The number of aromatic nitrogens is 2. The lowest BCUT2D eigenvalue weighted by Crippen LogP contribution is -2.39. The Morgan fingerprint density at radius 2 is 2.11 bits per heavy atom. The average molecular weight is 251 g/mol. The molecule has 0 aliphatic carbocycles. The highest BCUT2D eigenvalue weighted by molar-refractivity contribution is 5.49. The zero-order chi connectivity index (χ0) is 13.6. The molecule has 0 radical (unpaired) electrons. The summed E-state index contributed by atoms with van der Waals surface area (Å²) in [6.07, 6.45) is 3.94. The van der Waals surface area contributed by atoms with Crippen molar-refractivity contribution >= 4 is 11.6 Å². The SMILES string of the molecule is CCCCN(C)c1cc(NC(C)(C)CN)ncn1. The predicted octanol–water partition coefficient (Wildman–Crippen LogP) is 1.86. The lowest BCUT2D eigenvalue weighted by Gasteiger charge is -2.25. The second-order valence-corrected chi connectivity index (χ2v) is 5.25. The molecule has 18 heavy (non-hydrogen) atoms. The van der Waals surface area contributed by atoms with E-state index in [1.54, 1.807) is 6.33 Å². The first-order chi connectivity index (χ1) is 8.48. The monoisotopic (exact) mass is 251 g/mol. The standard InChI is InChI=1S/C13H25N5/c1-5-6-7-18(4)12-8-11(15-10-16-12)17-13(2,3)9-14/h8,10H,5-7,9,14H2,1-4H3,(H,15,16,17). The fourth-order valence-corrected chi connectivity index (χ4v) is 1.53. The maximum Gasteiger partial charge on any atom is 0.133 e. The molecule has 3 N–H and O–H groups in total. The second kappa shape index (κ2) is 6.54. The second-order valence-electron chi connectivity index (χ2n) is 5.25. The van der Waals surface area contributed by atoms with Crippen LogP contribution in [0.2, 0.25) is 0 Å². The largest absolute Gasteiger partial charge is 0.364 e. The lowest BCUT2D eigenvalue weighted by molar-refractivity contribution is 0.577. The molecule has 0 bridgehead atoms. The molecule has 1 heterocycles. The Labute approximate surface area is 110 Å². The zero-order valence-electron chi connectivity index (χ0n) is 11.9. The van der Waals surface area contributed by atoms with Gasteiger partial charge in [-0.1, -0.05) is 13.3 Å². The molecule has 1 rings (SSSR count). The van der Waals surface area contributed by atoms with E-state index in [-0.39, 0.29) is 5.54 Å². The summed E-state index contributed by atoms with van der Waals surface area (Å²) in [5, 5.41) is 3.32. The molecule has 1 aromatic heterocycles. The number of nitrogens with one attached hydrogen (secondary N) is 1. The topological polar surface area (TPSA) is 67.1 Å². The number of nitrogens with zero attached hydrogens (tertiary/aromatic N) is 3. The van der Waals surface area contributed by atoms with Gasteiger partial charge in [0.05, 0.1) is 0 Å². The number of nitrogens with two attached hydrogens (primary N) is 1. The number of hydrogen-bond acceptors (Lipinski definition) is 5. The van der Waals surface area contributed by atoms with Crippen molar-refractivity contribution < 1.29 is 0 Å². The fraction of sp³-hybridized carbons (Fsp3) is 0.692.